The fourth-order valence-corrected chi connectivity index (χ4v) is 2.24. The third-order valence-corrected chi connectivity index (χ3v) is 3.48. The van der Waals surface area contributed by atoms with Gasteiger partial charge in [-0.15, -0.1) is 0 Å². The highest BCUT2D eigenvalue weighted by Gasteiger charge is 2.05. The zero-order valence-corrected chi connectivity index (χ0v) is 12.0. The number of carbonyl (C=O) groups excluding carboxylic acids is 1. The van der Waals surface area contributed by atoms with Gasteiger partial charge in [-0.25, -0.2) is 0 Å². The molecule has 0 saturated heterocycles. The zero-order valence-electron chi connectivity index (χ0n) is 11.2. The number of hydrogen-bond acceptors (Lipinski definition) is 4. The van der Waals surface area contributed by atoms with Crippen LogP contribution in [-0.2, 0) is 0 Å². The minimum Gasteiger partial charge on any atom is -0.398 e. The molecule has 0 aliphatic rings. The van der Waals surface area contributed by atoms with Crippen molar-refractivity contribution in [1.82, 2.24) is 0 Å². The lowest BCUT2D eigenvalue weighted by Gasteiger charge is -2.09. The van der Waals surface area contributed by atoms with Crippen molar-refractivity contribution >= 4 is 28.9 Å². The predicted molar refractivity (Wildman–Crippen MR) is 81.6 cm³/mol. The predicted octanol–water partition coefficient (Wildman–Crippen LogP) is 3.42. The first-order chi connectivity index (χ1) is 8.65. The summed E-state index contributed by atoms with van der Waals surface area (Å²) >= 11 is 1.89. The Morgan fingerprint density at radius 1 is 1.33 bits per heavy atom. The molecule has 0 saturated carbocycles. The second kappa shape index (κ2) is 8.03. The lowest BCUT2D eigenvalue weighted by molar-refractivity contribution is 0.101. The first-order valence-corrected chi connectivity index (χ1v) is 7.68. The molecule has 0 amide bonds. The molecule has 0 fully saturated rings. The fourth-order valence-electron chi connectivity index (χ4n) is 1.75. The van der Waals surface area contributed by atoms with Crippen molar-refractivity contribution in [3.63, 3.8) is 0 Å². The lowest BCUT2D eigenvalue weighted by Crippen LogP contribution is -2.05. The third-order valence-electron chi connectivity index (χ3n) is 2.79. The fraction of sp³-hybridized carbons (Fsp3) is 0.500. The Morgan fingerprint density at radius 3 is 2.78 bits per heavy atom. The monoisotopic (exact) mass is 266 g/mol. The number of carbonyl (C=O) groups is 1. The van der Waals surface area contributed by atoms with E-state index < -0.39 is 0 Å². The average Bonchev–Trinajstić information content (AvgIpc) is 2.35. The van der Waals surface area contributed by atoms with E-state index in [9.17, 15) is 4.79 Å². The van der Waals surface area contributed by atoms with Gasteiger partial charge in [0, 0.05) is 23.5 Å². The number of unbranched alkanes of at least 4 members (excludes halogenated alkanes) is 2. The van der Waals surface area contributed by atoms with Crippen molar-refractivity contribution in [2.24, 2.45) is 0 Å². The van der Waals surface area contributed by atoms with E-state index in [1.807, 2.05) is 23.9 Å². The maximum absolute atomic E-state index is 11.4. The molecule has 4 heteroatoms. The van der Waals surface area contributed by atoms with E-state index in [-0.39, 0.29) is 5.78 Å². The molecule has 18 heavy (non-hydrogen) atoms. The van der Waals surface area contributed by atoms with Gasteiger partial charge in [0.25, 0.3) is 0 Å². The Kier molecular flexibility index (Phi) is 6.65. The zero-order chi connectivity index (χ0) is 13.4. The standard InChI is InChI=1S/C14H22N2OS/c1-11(17)13-10-12(6-7-14(13)15)16-8-4-3-5-9-18-2/h6-7,10,16H,3-5,8-9,15H2,1-2H3. The van der Waals surface area contributed by atoms with Crippen LogP contribution in [0.1, 0.15) is 36.5 Å². The van der Waals surface area contributed by atoms with E-state index in [1.54, 1.807) is 6.07 Å². The third kappa shape index (κ3) is 5.00. The van der Waals surface area contributed by atoms with Gasteiger partial charge in [-0.3, -0.25) is 4.79 Å². The quantitative estimate of drug-likeness (QED) is 0.430. The van der Waals surface area contributed by atoms with Crippen LogP contribution in [0, 0.1) is 0 Å². The summed E-state index contributed by atoms with van der Waals surface area (Å²) in [4.78, 5) is 11.4. The van der Waals surface area contributed by atoms with E-state index in [2.05, 4.69) is 11.6 Å². The molecular weight excluding hydrogens is 244 g/mol. The smallest absolute Gasteiger partial charge is 0.161 e. The molecule has 0 bridgehead atoms. The summed E-state index contributed by atoms with van der Waals surface area (Å²) in [6.45, 7) is 2.48. The number of anilines is 2. The highest BCUT2D eigenvalue weighted by Crippen LogP contribution is 2.18. The summed E-state index contributed by atoms with van der Waals surface area (Å²) < 4.78 is 0. The first kappa shape index (κ1) is 14.9. The van der Waals surface area contributed by atoms with Crippen LogP contribution in [0.4, 0.5) is 11.4 Å². The van der Waals surface area contributed by atoms with E-state index in [0.29, 0.717) is 11.3 Å². The molecule has 0 spiro atoms. The van der Waals surface area contributed by atoms with Crippen molar-refractivity contribution in [2.75, 3.05) is 29.6 Å². The summed E-state index contributed by atoms with van der Waals surface area (Å²) in [6, 6.07) is 5.54. The normalized spacial score (nSPS) is 10.3. The summed E-state index contributed by atoms with van der Waals surface area (Å²) in [5, 5.41) is 3.33. The van der Waals surface area contributed by atoms with Crippen LogP contribution in [0.15, 0.2) is 18.2 Å². The van der Waals surface area contributed by atoms with Crippen LogP contribution >= 0.6 is 11.8 Å². The molecule has 3 N–H and O–H groups in total. The van der Waals surface area contributed by atoms with Gasteiger partial charge in [0.05, 0.1) is 0 Å². The summed E-state index contributed by atoms with van der Waals surface area (Å²) in [7, 11) is 0. The second-order valence-electron chi connectivity index (χ2n) is 4.34. The molecule has 0 aliphatic carbocycles. The molecule has 1 rings (SSSR count). The van der Waals surface area contributed by atoms with Crippen molar-refractivity contribution in [2.45, 2.75) is 26.2 Å². The van der Waals surface area contributed by atoms with Crippen molar-refractivity contribution in [1.29, 1.82) is 0 Å². The number of benzene rings is 1. The highest BCUT2D eigenvalue weighted by atomic mass is 32.2. The molecule has 0 aromatic heterocycles. The molecule has 0 unspecified atom stereocenters. The molecule has 0 atom stereocenters. The van der Waals surface area contributed by atoms with Gasteiger partial charge in [-0.2, -0.15) is 11.8 Å². The van der Waals surface area contributed by atoms with Gasteiger partial charge in [0.15, 0.2) is 5.78 Å². The number of ketones is 1. The topological polar surface area (TPSA) is 55.1 Å². The first-order valence-electron chi connectivity index (χ1n) is 6.28. The van der Waals surface area contributed by atoms with Crippen molar-refractivity contribution in [3.05, 3.63) is 23.8 Å². The van der Waals surface area contributed by atoms with Gasteiger partial charge in [0.1, 0.15) is 0 Å². The molecular formula is C14H22N2OS. The Hall–Kier alpha value is -1.16. The molecule has 0 radical (unpaired) electrons. The number of hydrogen-bond donors (Lipinski definition) is 2. The van der Waals surface area contributed by atoms with E-state index in [4.69, 9.17) is 5.73 Å². The van der Waals surface area contributed by atoms with Crippen LogP contribution < -0.4 is 11.1 Å². The second-order valence-corrected chi connectivity index (χ2v) is 5.32. The van der Waals surface area contributed by atoms with E-state index in [0.717, 1.165) is 18.7 Å². The van der Waals surface area contributed by atoms with Crippen LogP contribution in [0.25, 0.3) is 0 Å². The maximum Gasteiger partial charge on any atom is 0.161 e. The Labute approximate surface area is 114 Å². The van der Waals surface area contributed by atoms with Crippen molar-refractivity contribution in [3.8, 4) is 0 Å². The molecule has 1 aromatic rings. The molecule has 3 nitrogen and oxygen atoms in total. The number of Topliss-reactive ketones (excluding diaryl/α,β-unsaturated/α-hetero) is 1. The highest BCUT2D eigenvalue weighted by molar-refractivity contribution is 7.98. The van der Waals surface area contributed by atoms with Crippen LogP contribution in [0.2, 0.25) is 0 Å². The van der Waals surface area contributed by atoms with Crippen LogP contribution in [0.3, 0.4) is 0 Å². The Morgan fingerprint density at radius 2 is 2.11 bits per heavy atom. The maximum atomic E-state index is 11.4. The van der Waals surface area contributed by atoms with Crippen LogP contribution in [0.5, 0.6) is 0 Å². The van der Waals surface area contributed by atoms with E-state index >= 15 is 0 Å². The van der Waals surface area contributed by atoms with Gasteiger partial charge in [-0.1, -0.05) is 6.42 Å². The molecule has 1 aromatic carbocycles. The Bertz CT molecular complexity index is 393. The number of nitrogens with two attached hydrogens (primary N) is 1. The van der Waals surface area contributed by atoms with Crippen LogP contribution in [-0.4, -0.2) is 24.3 Å². The SMILES string of the molecule is CSCCCCCNc1ccc(N)c(C(C)=O)c1. The van der Waals surface area contributed by atoms with E-state index in [1.165, 1.54) is 25.5 Å². The summed E-state index contributed by atoms with van der Waals surface area (Å²) in [5.41, 5.74) is 7.87. The number of nitrogen functional groups attached to an aromatic ring is 1. The molecule has 0 aliphatic heterocycles. The van der Waals surface area contributed by atoms with Gasteiger partial charge < -0.3 is 11.1 Å². The lowest BCUT2D eigenvalue weighted by atomic mass is 10.1. The minimum atomic E-state index is 0.0103. The average molecular weight is 266 g/mol. The minimum absolute atomic E-state index is 0.0103. The van der Waals surface area contributed by atoms with Gasteiger partial charge >= 0.3 is 0 Å². The number of thioether (sulfide) groups is 1. The molecule has 100 valence electrons. The van der Waals surface area contributed by atoms with Crippen molar-refractivity contribution < 1.29 is 4.79 Å². The molecule has 0 heterocycles. The largest absolute Gasteiger partial charge is 0.398 e. The number of rotatable bonds is 8. The number of nitrogens with one attached hydrogen (secondary N) is 1. The van der Waals surface area contributed by atoms with Gasteiger partial charge in [0.2, 0.25) is 0 Å². The van der Waals surface area contributed by atoms with Gasteiger partial charge in [-0.05, 0) is 50.0 Å². The Balaban J connectivity index is 2.38. The summed E-state index contributed by atoms with van der Waals surface area (Å²) in [6.07, 6.45) is 5.79. The summed E-state index contributed by atoms with van der Waals surface area (Å²) in [5.74, 6) is 1.24.